The second-order valence-corrected chi connectivity index (χ2v) is 25.2. The van der Waals surface area contributed by atoms with Crippen LogP contribution in [0, 0.1) is 17.8 Å². The Bertz CT molecular complexity index is 3480. The van der Waals surface area contributed by atoms with Crippen LogP contribution in [0.2, 0.25) is 0 Å². The van der Waals surface area contributed by atoms with Crippen molar-refractivity contribution in [2.45, 2.75) is 74.6 Å². The van der Waals surface area contributed by atoms with Crippen molar-refractivity contribution in [2.24, 2.45) is 0 Å². The standard InChI is InChI=1S/2C24H28FN7O3S.C10H12FN7S/c2*1-34-18-13-32(14-18)17-5-3-4-15(10-17)23(35-2)19(33)11-22-29-30-24(36-22)26-16-8-9-31(12-16)21-7-6-20(25)27-28-21;11-7-1-2-8(15-14-7)18-4-3-6(5-18)13-10-17-16-9(12)19-10/h2*3-7,10,16,18,23H,8-9,11-14H2,1-2H3,(H,26,30);1-2,6H,3-5H2,(H2,12,16)(H,13,17)/t16-,23+;16-,23-;6-/m111/s1. The predicted octanol–water partition coefficient (Wildman–Crippen LogP) is 5.72. The van der Waals surface area contributed by atoms with Crippen molar-refractivity contribution in [2.75, 3.05) is 140 Å². The molecule has 6 aromatic heterocycles. The second kappa shape index (κ2) is 30.1. The number of halogens is 3. The molecule has 11 heterocycles. The first-order chi connectivity index (χ1) is 44.2. The number of benzene rings is 2. The third-order valence-electron chi connectivity index (χ3n) is 15.9. The number of nitrogens with one attached hydrogen (secondary N) is 3. The Morgan fingerprint density at radius 1 is 0.484 bits per heavy atom. The molecule has 91 heavy (non-hydrogen) atoms. The Hall–Kier alpha value is -8.47. The Kier molecular flexibility index (Phi) is 21.2. The van der Waals surface area contributed by atoms with Gasteiger partial charge >= 0.3 is 0 Å². The van der Waals surface area contributed by atoms with E-state index in [-0.39, 0.29) is 54.7 Å². The largest absolute Gasteiger partial charge is 0.378 e. The van der Waals surface area contributed by atoms with E-state index < -0.39 is 30.1 Å². The summed E-state index contributed by atoms with van der Waals surface area (Å²) in [4.78, 5) is 36.8. The number of methoxy groups -OCH3 is 4. The Balaban J connectivity index is 0.000000147. The van der Waals surface area contributed by atoms with Crippen LogP contribution in [0.3, 0.4) is 0 Å². The molecule has 2 aromatic carbocycles. The van der Waals surface area contributed by atoms with Gasteiger partial charge in [-0.2, -0.15) is 13.2 Å². The molecule has 0 unspecified atom stereocenters. The van der Waals surface area contributed by atoms with Crippen molar-refractivity contribution in [1.29, 1.82) is 0 Å². The first-order valence-corrected chi connectivity index (χ1v) is 31.8. The molecule has 5 N–H and O–H groups in total. The smallest absolute Gasteiger partial charge is 0.233 e. The van der Waals surface area contributed by atoms with Gasteiger partial charge in [-0.1, -0.05) is 58.3 Å². The molecule has 8 aromatic rings. The maximum Gasteiger partial charge on any atom is 0.233 e. The SMILES string of the molecule is COC1CN(c2cccc([C@@H](OC)C(=O)Cc3nnc(N[C@@H]4CCN(c5ccc(F)nn5)C4)s3)c2)C1.COC1CN(c2cccc([C@H](OC)C(=O)Cc3nnc(N[C@@H]4CCN(c5ccc(F)nn5)C4)s3)c2)C1.Nc1nnc(N[C@@H]2CCN(c3ccc(F)nn3)C2)s1. The van der Waals surface area contributed by atoms with Gasteiger partial charge in [-0.05, 0) is 91.1 Å². The van der Waals surface area contributed by atoms with Gasteiger partial charge in [0.1, 0.15) is 22.2 Å². The fraction of sp³-hybridized carbons (Fsp3) is 0.448. The van der Waals surface area contributed by atoms with Gasteiger partial charge in [0.15, 0.2) is 29.0 Å². The normalized spacial score (nSPS) is 18.8. The topological polar surface area (TPSA) is 304 Å². The van der Waals surface area contributed by atoms with Crippen LogP contribution in [0.25, 0.3) is 0 Å². The van der Waals surface area contributed by atoms with Crippen molar-refractivity contribution >= 4 is 94.9 Å². The molecule has 27 nitrogen and oxygen atoms in total. The first kappa shape index (κ1) is 64.1. The molecule has 480 valence electrons. The van der Waals surface area contributed by atoms with Gasteiger partial charge in [-0.3, -0.25) is 9.59 Å². The Morgan fingerprint density at radius 3 is 1.19 bits per heavy atom. The van der Waals surface area contributed by atoms with E-state index in [1.807, 2.05) is 58.3 Å². The molecule has 5 aliphatic heterocycles. The molecule has 13 rings (SSSR count). The van der Waals surface area contributed by atoms with Crippen molar-refractivity contribution in [3.8, 4) is 0 Å². The van der Waals surface area contributed by atoms with Crippen LogP contribution in [0.1, 0.15) is 52.6 Å². The molecule has 0 aliphatic carbocycles. The fourth-order valence-corrected chi connectivity index (χ4v) is 13.3. The lowest BCUT2D eigenvalue weighted by atomic mass is 10.0. The summed E-state index contributed by atoms with van der Waals surface area (Å²) >= 11 is 4.05. The number of ether oxygens (including phenoxy) is 4. The number of anilines is 9. The number of nitrogens with zero attached hydrogens (tertiary/aromatic N) is 17. The minimum absolute atomic E-state index is 0.0716. The van der Waals surface area contributed by atoms with Crippen LogP contribution < -0.4 is 46.2 Å². The van der Waals surface area contributed by atoms with Gasteiger partial charge in [0.25, 0.3) is 0 Å². The molecule has 0 radical (unpaired) electrons. The second-order valence-electron chi connectivity index (χ2n) is 22.1. The number of carbonyl (C=O) groups is 2. The molecular formula is C58H68F3N21O6S3. The van der Waals surface area contributed by atoms with Crippen LogP contribution in [0.4, 0.5) is 62.5 Å². The summed E-state index contributed by atoms with van der Waals surface area (Å²) in [5.41, 5.74) is 9.26. The van der Waals surface area contributed by atoms with Crippen molar-refractivity contribution in [3.05, 3.63) is 124 Å². The average Bonchev–Trinajstić information content (AvgIpc) is 2.53. The minimum Gasteiger partial charge on any atom is -0.378 e. The van der Waals surface area contributed by atoms with E-state index in [1.54, 1.807) is 46.6 Å². The third kappa shape index (κ3) is 16.7. The number of hydrogen-bond acceptors (Lipinski definition) is 30. The fourth-order valence-electron chi connectivity index (χ4n) is 11.0. The molecule has 5 aliphatic rings. The average molecular weight is 1310 g/mol. The molecular weight excluding hydrogens is 1240 g/mol. The van der Waals surface area contributed by atoms with Crippen molar-refractivity contribution in [3.63, 3.8) is 0 Å². The molecule has 0 bridgehead atoms. The molecule has 0 saturated carbocycles. The van der Waals surface area contributed by atoms with Gasteiger partial charge in [-0.15, -0.1) is 61.2 Å². The van der Waals surface area contributed by atoms with E-state index in [4.69, 9.17) is 24.7 Å². The summed E-state index contributed by atoms with van der Waals surface area (Å²) in [6, 6.07) is 25.1. The van der Waals surface area contributed by atoms with E-state index in [1.165, 1.54) is 52.2 Å². The molecule has 33 heteroatoms. The molecule has 0 spiro atoms. The highest BCUT2D eigenvalue weighted by molar-refractivity contribution is 7.18. The number of aromatic nitrogens is 12. The first-order valence-electron chi connectivity index (χ1n) is 29.4. The van der Waals surface area contributed by atoms with Gasteiger partial charge in [0.2, 0.25) is 38.4 Å². The number of rotatable bonds is 23. The summed E-state index contributed by atoms with van der Waals surface area (Å²) in [5, 5.41) is 60.4. The number of hydrogen-bond donors (Lipinski definition) is 4. The number of nitrogen functional groups attached to an aromatic ring is 1. The van der Waals surface area contributed by atoms with Crippen LogP contribution >= 0.6 is 34.0 Å². The van der Waals surface area contributed by atoms with E-state index in [2.05, 4.69) is 91.8 Å². The van der Waals surface area contributed by atoms with Crippen LogP contribution in [-0.2, 0) is 41.4 Å². The maximum absolute atomic E-state index is 13.1. The zero-order valence-corrected chi connectivity index (χ0v) is 52.7. The van der Waals surface area contributed by atoms with E-state index in [9.17, 15) is 22.8 Å². The van der Waals surface area contributed by atoms with Gasteiger partial charge in [0, 0.05) is 123 Å². The van der Waals surface area contributed by atoms with E-state index in [0.29, 0.717) is 56.0 Å². The zero-order valence-electron chi connectivity index (χ0n) is 50.2. The minimum atomic E-state index is -0.676. The maximum atomic E-state index is 13.1. The summed E-state index contributed by atoms with van der Waals surface area (Å²) in [7, 11) is 6.53. The predicted molar refractivity (Wildman–Crippen MR) is 339 cm³/mol. The molecule has 5 saturated heterocycles. The highest BCUT2D eigenvalue weighted by Gasteiger charge is 2.32. The van der Waals surface area contributed by atoms with Crippen molar-refractivity contribution < 1.29 is 41.7 Å². The summed E-state index contributed by atoms with van der Waals surface area (Å²) < 4.78 is 60.7. The van der Waals surface area contributed by atoms with Crippen LogP contribution in [-0.4, -0.2) is 197 Å². The quantitative estimate of drug-likeness (QED) is 0.0595. The Morgan fingerprint density at radius 2 is 0.857 bits per heavy atom. The van der Waals surface area contributed by atoms with Crippen LogP contribution in [0.5, 0.6) is 0 Å². The van der Waals surface area contributed by atoms with Crippen molar-refractivity contribution in [1.82, 2.24) is 61.2 Å². The summed E-state index contributed by atoms with van der Waals surface area (Å²) in [6.07, 6.45) is 2.11. The Labute approximate surface area is 533 Å². The summed E-state index contributed by atoms with van der Waals surface area (Å²) in [6.45, 7) is 7.89. The molecule has 5 atom stereocenters. The number of ketones is 2. The molecule has 0 amide bonds. The van der Waals surface area contributed by atoms with Gasteiger partial charge < -0.3 is 65.1 Å². The lowest BCUT2D eigenvalue weighted by molar-refractivity contribution is -0.129. The van der Waals surface area contributed by atoms with Gasteiger partial charge in [0.05, 0.1) is 25.0 Å². The molecule has 5 fully saturated rings. The van der Waals surface area contributed by atoms with E-state index >= 15 is 0 Å². The number of carbonyl (C=O) groups excluding carboxylic acids is 2. The zero-order chi connectivity index (χ0) is 63.4. The van der Waals surface area contributed by atoms with Crippen LogP contribution in [0.15, 0.2) is 84.9 Å². The third-order valence-corrected chi connectivity index (χ3v) is 18.3. The highest BCUT2D eigenvalue weighted by atomic mass is 32.1. The highest BCUT2D eigenvalue weighted by Crippen LogP contribution is 2.32. The summed E-state index contributed by atoms with van der Waals surface area (Å²) in [5.74, 6) is 0.0736. The number of Topliss-reactive ketones (excluding diaryl/α,β-unsaturated/α-hetero) is 2. The van der Waals surface area contributed by atoms with E-state index in [0.717, 1.165) is 99.3 Å². The monoisotopic (exact) mass is 1310 g/mol. The lowest BCUT2D eigenvalue weighted by Gasteiger charge is -2.40. The van der Waals surface area contributed by atoms with Gasteiger partial charge in [-0.25, -0.2) is 0 Å². The lowest BCUT2D eigenvalue weighted by Crippen LogP contribution is -2.51. The number of nitrogens with two attached hydrogens (primary N) is 1.